The van der Waals surface area contributed by atoms with Gasteiger partial charge in [-0.05, 0) is 24.1 Å². The number of pyridine rings is 1. The summed E-state index contributed by atoms with van der Waals surface area (Å²) >= 11 is 0. The first-order valence-corrected chi connectivity index (χ1v) is 8.88. The van der Waals surface area contributed by atoms with E-state index in [2.05, 4.69) is 39.6 Å². The number of rotatable bonds is 3. The number of aromatic nitrogens is 3. The Morgan fingerprint density at radius 3 is 2.52 bits per heavy atom. The Morgan fingerprint density at radius 2 is 1.97 bits per heavy atom. The van der Waals surface area contributed by atoms with Crippen molar-refractivity contribution in [1.82, 2.24) is 19.3 Å². The molecule has 0 aliphatic carbocycles. The van der Waals surface area contributed by atoms with Gasteiger partial charge in [0.05, 0.1) is 23.1 Å². The van der Waals surface area contributed by atoms with Gasteiger partial charge in [-0.3, -0.25) is 4.79 Å². The minimum Gasteiger partial charge on any atom is -0.475 e. The number of H-pyrrole nitrogens is 1. The lowest BCUT2D eigenvalue weighted by molar-refractivity contribution is -0.192. The summed E-state index contributed by atoms with van der Waals surface area (Å²) in [7, 11) is 0. The molecule has 29 heavy (non-hydrogen) atoms. The summed E-state index contributed by atoms with van der Waals surface area (Å²) in [4.78, 5) is 30.5. The van der Waals surface area contributed by atoms with Crippen LogP contribution in [0.4, 0.5) is 13.2 Å². The molecule has 154 valence electrons. The van der Waals surface area contributed by atoms with Crippen molar-refractivity contribution in [1.29, 1.82) is 0 Å². The second kappa shape index (κ2) is 7.98. The number of imidazole rings is 1. The summed E-state index contributed by atoms with van der Waals surface area (Å²) in [6.07, 6.45) is 3.46. The van der Waals surface area contributed by atoms with Crippen LogP contribution >= 0.6 is 0 Å². The molecular formula is C19H19F3N4O3. The summed E-state index contributed by atoms with van der Waals surface area (Å²) in [6.45, 7) is 3.63. The third-order valence-electron chi connectivity index (χ3n) is 4.67. The van der Waals surface area contributed by atoms with Crippen LogP contribution in [0.5, 0.6) is 0 Å². The lowest BCUT2D eigenvalue weighted by Gasteiger charge is -2.38. The Bertz CT molecular complexity index is 1010. The highest BCUT2D eigenvalue weighted by atomic mass is 19.4. The number of amides is 1. The fourth-order valence-electron chi connectivity index (χ4n) is 3.05. The summed E-state index contributed by atoms with van der Waals surface area (Å²) in [5.74, 6) is -2.33. The quantitative estimate of drug-likeness (QED) is 0.697. The second-order valence-electron chi connectivity index (χ2n) is 6.62. The van der Waals surface area contributed by atoms with E-state index in [1.54, 1.807) is 12.4 Å². The number of alkyl halides is 3. The van der Waals surface area contributed by atoms with Crippen molar-refractivity contribution < 1.29 is 27.9 Å². The van der Waals surface area contributed by atoms with E-state index < -0.39 is 12.1 Å². The summed E-state index contributed by atoms with van der Waals surface area (Å²) in [5, 5.41) is 7.12. The molecule has 3 aromatic rings. The normalized spacial score (nSPS) is 14.3. The molecule has 0 bridgehead atoms. The zero-order chi connectivity index (χ0) is 21.2. The van der Waals surface area contributed by atoms with Gasteiger partial charge in [0.1, 0.15) is 0 Å². The van der Waals surface area contributed by atoms with E-state index in [1.165, 1.54) is 5.56 Å². The predicted molar refractivity (Wildman–Crippen MR) is 97.7 cm³/mol. The maximum absolute atomic E-state index is 12.2. The van der Waals surface area contributed by atoms with Crippen LogP contribution in [0.2, 0.25) is 0 Å². The maximum atomic E-state index is 12.2. The minimum absolute atomic E-state index is 0.0919. The second-order valence-corrected chi connectivity index (χ2v) is 6.62. The number of carboxylic acid groups (broad SMARTS) is 1. The van der Waals surface area contributed by atoms with Crippen LogP contribution in [0.15, 0.2) is 43.1 Å². The third-order valence-corrected chi connectivity index (χ3v) is 4.67. The molecule has 0 radical (unpaired) electrons. The molecule has 7 nitrogen and oxygen atoms in total. The molecule has 4 rings (SSSR count). The number of carboxylic acids is 1. The van der Waals surface area contributed by atoms with E-state index in [1.807, 2.05) is 17.3 Å². The number of nitrogens with one attached hydrogen (secondary N) is 1. The number of aliphatic carboxylic acids is 1. The Morgan fingerprint density at radius 1 is 1.28 bits per heavy atom. The molecule has 1 fully saturated rings. The number of hydrogen-bond donors (Lipinski definition) is 2. The molecule has 0 saturated carbocycles. The number of carbonyl (C=O) groups is 2. The molecule has 0 aromatic carbocycles. The van der Waals surface area contributed by atoms with E-state index in [0.717, 1.165) is 36.3 Å². The first-order valence-electron chi connectivity index (χ1n) is 8.88. The van der Waals surface area contributed by atoms with Crippen molar-refractivity contribution in [3.8, 4) is 0 Å². The van der Waals surface area contributed by atoms with Gasteiger partial charge in [-0.15, -0.1) is 0 Å². The van der Waals surface area contributed by atoms with E-state index in [4.69, 9.17) is 9.90 Å². The first-order chi connectivity index (χ1) is 13.7. The van der Waals surface area contributed by atoms with Crippen molar-refractivity contribution in [3.05, 3.63) is 59.9 Å². The lowest BCUT2D eigenvalue weighted by atomic mass is 9.94. The summed E-state index contributed by atoms with van der Waals surface area (Å²) in [6, 6.07) is 6.10. The van der Waals surface area contributed by atoms with Gasteiger partial charge >= 0.3 is 12.1 Å². The first kappa shape index (κ1) is 20.4. The van der Waals surface area contributed by atoms with Crippen molar-refractivity contribution in [2.24, 2.45) is 0 Å². The number of aryl methyl sites for hydroxylation is 1. The Labute approximate surface area is 163 Å². The molecule has 1 aliphatic heterocycles. The maximum Gasteiger partial charge on any atom is 0.490 e. The summed E-state index contributed by atoms with van der Waals surface area (Å²) < 4.78 is 33.8. The monoisotopic (exact) mass is 408 g/mol. The van der Waals surface area contributed by atoms with E-state index in [9.17, 15) is 18.0 Å². The zero-order valence-corrected chi connectivity index (χ0v) is 15.5. The van der Waals surface area contributed by atoms with Gasteiger partial charge < -0.3 is 19.4 Å². The molecule has 0 unspecified atom stereocenters. The van der Waals surface area contributed by atoms with Gasteiger partial charge in [0, 0.05) is 37.6 Å². The SMILES string of the molecule is CCc1ccc2c(C3CN(C(=O)c4cc[nH]c4)C3)ncn2c1.O=C(O)C(F)(F)F. The molecule has 0 spiro atoms. The van der Waals surface area contributed by atoms with Crippen molar-refractivity contribution >= 4 is 17.4 Å². The molecular weight excluding hydrogens is 389 g/mol. The number of hydrogen-bond acceptors (Lipinski definition) is 3. The number of aromatic amines is 1. The highest BCUT2D eigenvalue weighted by Gasteiger charge is 2.38. The van der Waals surface area contributed by atoms with Crippen molar-refractivity contribution in [2.45, 2.75) is 25.4 Å². The number of carbonyl (C=O) groups excluding carboxylic acids is 1. The van der Waals surface area contributed by atoms with Crippen LogP contribution in [0.25, 0.3) is 5.52 Å². The smallest absolute Gasteiger partial charge is 0.475 e. The van der Waals surface area contributed by atoms with Crippen molar-refractivity contribution in [3.63, 3.8) is 0 Å². The number of nitrogens with zero attached hydrogens (tertiary/aromatic N) is 3. The van der Waals surface area contributed by atoms with E-state index in [-0.39, 0.29) is 5.91 Å². The largest absolute Gasteiger partial charge is 0.490 e. The van der Waals surface area contributed by atoms with Gasteiger partial charge in [-0.25, -0.2) is 9.78 Å². The third kappa shape index (κ3) is 4.41. The molecule has 3 aromatic heterocycles. The number of likely N-dealkylation sites (tertiary alicyclic amines) is 1. The molecule has 2 N–H and O–H groups in total. The van der Waals surface area contributed by atoms with Crippen LogP contribution < -0.4 is 0 Å². The zero-order valence-electron chi connectivity index (χ0n) is 15.5. The molecule has 0 atom stereocenters. The molecule has 1 saturated heterocycles. The standard InChI is InChI=1S/C17H18N4O.C2HF3O2/c1-2-12-3-4-15-16(19-11-21(15)8-12)14-9-20(10-14)17(22)13-5-6-18-7-13;3-2(4,5)1(6)7/h3-8,11,14,18H,2,9-10H2,1H3;(H,6,7). The van der Waals surface area contributed by atoms with Crippen molar-refractivity contribution in [2.75, 3.05) is 13.1 Å². The van der Waals surface area contributed by atoms with Crippen LogP contribution in [0.1, 0.15) is 34.5 Å². The topological polar surface area (TPSA) is 90.7 Å². The van der Waals surface area contributed by atoms with Gasteiger partial charge in [-0.1, -0.05) is 13.0 Å². The molecule has 10 heteroatoms. The fraction of sp³-hybridized carbons (Fsp3) is 0.316. The van der Waals surface area contributed by atoms with Gasteiger partial charge in [-0.2, -0.15) is 13.2 Å². The number of halogens is 3. The average Bonchev–Trinajstić information content (AvgIpc) is 3.30. The van der Waals surface area contributed by atoms with Gasteiger partial charge in [0.15, 0.2) is 0 Å². The highest BCUT2D eigenvalue weighted by Crippen LogP contribution is 2.30. The predicted octanol–water partition coefficient (Wildman–Crippen LogP) is 3.10. The number of fused-ring (bicyclic) bond motifs is 1. The average molecular weight is 408 g/mol. The molecule has 1 amide bonds. The summed E-state index contributed by atoms with van der Waals surface area (Å²) in [5.41, 5.74) is 4.27. The molecule has 4 heterocycles. The van der Waals surface area contributed by atoms with Crippen LogP contribution in [-0.4, -0.2) is 55.5 Å². The minimum atomic E-state index is -5.08. The Hall–Kier alpha value is -3.30. The fourth-order valence-corrected chi connectivity index (χ4v) is 3.05. The van der Waals surface area contributed by atoms with Gasteiger partial charge in [0.2, 0.25) is 0 Å². The van der Waals surface area contributed by atoms with Crippen LogP contribution in [-0.2, 0) is 11.2 Å². The van der Waals surface area contributed by atoms with Gasteiger partial charge in [0.25, 0.3) is 5.91 Å². The molecule has 1 aliphatic rings. The lowest BCUT2D eigenvalue weighted by Crippen LogP contribution is -2.48. The highest BCUT2D eigenvalue weighted by molar-refractivity contribution is 5.94. The van der Waals surface area contributed by atoms with E-state index in [0.29, 0.717) is 5.92 Å². The van der Waals surface area contributed by atoms with Crippen LogP contribution in [0.3, 0.4) is 0 Å². The van der Waals surface area contributed by atoms with Crippen LogP contribution in [0, 0.1) is 0 Å². The Kier molecular flexibility index (Phi) is 5.62. The Balaban J connectivity index is 0.000000298. The van der Waals surface area contributed by atoms with E-state index >= 15 is 0 Å².